The van der Waals surface area contributed by atoms with Gasteiger partial charge in [0.15, 0.2) is 11.9 Å². The molecule has 0 radical (unpaired) electrons. The third kappa shape index (κ3) is 1.95. The molecule has 0 amide bonds. The summed E-state index contributed by atoms with van der Waals surface area (Å²) in [6.07, 6.45) is 5.20. The van der Waals surface area contributed by atoms with Crippen LogP contribution in [-0.2, 0) is 33.3 Å². The number of epoxide rings is 1. The number of esters is 2. The molecule has 10 atom stereocenters. The molecule has 2 saturated carbocycles. The van der Waals surface area contributed by atoms with E-state index in [9.17, 15) is 19.5 Å². The number of aliphatic hydroxyl groups is 1. The normalized spacial score (nSPS) is 54.2. The minimum absolute atomic E-state index is 0.0300. The lowest BCUT2D eigenvalue weighted by Crippen LogP contribution is -2.79. The van der Waals surface area contributed by atoms with Gasteiger partial charge in [-0.2, -0.15) is 0 Å². The van der Waals surface area contributed by atoms with E-state index in [2.05, 4.69) is 0 Å². The largest absolute Gasteiger partial charge is 0.472 e. The fraction of sp³-hybridized carbons (Fsp3) is 0.679. The van der Waals surface area contributed by atoms with E-state index in [1.54, 1.807) is 18.6 Å². The van der Waals surface area contributed by atoms with Gasteiger partial charge in [-0.05, 0) is 45.1 Å². The minimum atomic E-state index is -1.39. The molecule has 1 N–H and O–H groups in total. The van der Waals surface area contributed by atoms with Gasteiger partial charge in [0.2, 0.25) is 0 Å². The summed E-state index contributed by atoms with van der Waals surface area (Å²) < 4.78 is 30.1. The van der Waals surface area contributed by atoms with Crippen molar-refractivity contribution in [2.75, 3.05) is 6.61 Å². The van der Waals surface area contributed by atoms with Crippen LogP contribution in [-0.4, -0.2) is 58.9 Å². The molecule has 6 fully saturated rings. The molecule has 196 valence electrons. The standard InChI is InChI=1S/C28H30O9/c1-23(2)27-8-4-7-25(18(30)19(27)31)15(26(27)13-34-17(29)11-16(26)36-23)5-9-24(3)20(14-6-10-33-12-14)35-22(32)21-28(24,25)37-21/h4,6,8,10,12,15-16,18,20-21,30H,5,7,9,11,13H2,1-3H3. The van der Waals surface area contributed by atoms with Gasteiger partial charge >= 0.3 is 11.9 Å². The second-order valence-electron chi connectivity index (χ2n) is 12.9. The molecule has 2 bridgehead atoms. The van der Waals surface area contributed by atoms with Gasteiger partial charge in [0.05, 0.1) is 41.5 Å². The number of allylic oxidation sites excluding steroid dienone is 1. The molecule has 8 aliphatic rings. The number of hydrogen-bond acceptors (Lipinski definition) is 9. The topological polar surface area (TPSA) is 125 Å². The number of ether oxygens (including phenoxy) is 4. The lowest BCUT2D eigenvalue weighted by Gasteiger charge is -2.68. The van der Waals surface area contributed by atoms with Crippen molar-refractivity contribution >= 4 is 17.7 Å². The first-order valence-electron chi connectivity index (χ1n) is 13.2. The number of Topliss-reactive ketones (excluding diaryl/α,β-unsaturated/α-hetero) is 1. The van der Waals surface area contributed by atoms with Gasteiger partial charge in [0, 0.05) is 16.4 Å². The van der Waals surface area contributed by atoms with Crippen molar-refractivity contribution in [2.45, 2.75) is 82.1 Å². The Kier molecular flexibility index (Phi) is 3.78. The maximum absolute atomic E-state index is 14.6. The third-order valence-corrected chi connectivity index (χ3v) is 11.7. The Morgan fingerprint density at radius 3 is 2.62 bits per heavy atom. The molecule has 10 unspecified atom stereocenters. The average Bonchev–Trinajstić information content (AvgIpc) is 3.41. The highest BCUT2D eigenvalue weighted by molar-refractivity contribution is 5.97. The Bertz CT molecular complexity index is 1300. The number of aliphatic hydroxyl groups excluding tert-OH is 1. The number of carbonyl (C=O) groups excluding carboxylic acids is 3. The molecule has 9 nitrogen and oxygen atoms in total. The Labute approximate surface area is 213 Å². The summed E-state index contributed by atoms with van der Waals surface area (Å²) in [5.74, 6) is -1.48. The van der Waals surface area contributed by atoms with Crippen LogP contribution in [0.3, 0.4) is 0 Å². The highest BCUT2D eigenvalue weighted by atomic mass is 16.7. The summed E-state index contributed by atoms with van der Waals surface area (Å²) in [7, 11) is 0. The summed E-state index contributed by atoms with van der Waals surface area (Å²) in [5.41, 5.74) is -5.28. The fourth-order valence-electron chi connectivity index (χ4n) is 10.5. The van der Waals surface area contributed by atoms with E-state index in [0.29, 0.717) is 19.3 Å². The molecule has 9 heteroatoms. The Morgan fingerprint density at radius 2 is 1.86 bits per heavy atom. The van der Waals surface area contributed by atoms with E-state index in [1.165, 1.54) is 0 Å². The van der Waals surface area contributed by atoms with Crippen molar-refractivity contribution in [2.24, 2.45) is 27.6 Å². The number of carbonyl (C=O) groups is 3. The zero-order valence-corrected chi connectivity index (χ0v) is 21.0. The van der Waals surface area contributed by atoms with Crippen LogP contribution < -0.4 is 0 Å². The number of rotatable bonds is 1. The van der Waals surface area contributed by atoms with E-state index in [-0.39, 0.29) is 30.7 Å². The van der Waals surface area contributed by atoms with Crippen LogP contribution in [0.5, 0.6) is 0 Å². The molecule has 4 aliphatic carbocycles. The van der Waals surface area contributed by atoms with Crippen LogP contribution in [0.2, 0.25) is 0 Å². The van der Waals surface area contributed by atoms with E-state index >= 15 is 0 Å². The molecule has 9 rings (SSSR count). The van der Waals surface area contributed by atoms with Gasteiger partial charge in [0.1, 0.15) is 24.4 Å². The maximum Gasteiger partial charge on any atom is 0.339 e. The SMILES string of the molecule is CC1(C)OC2CC(=O)OCC23C2CCC4(C)C(c5ccoc5)OC(=O)C5OC54C24CC=CC13C(=O)C4O. The molecule has 1 aromatic heterocycles. The number of cyclic esters (lactones) is 2. The smallest absolute Gasteiger partial charge is 0.339 e. The van der Waals surface area contributed by atoms with Crippen molar-refractivity contribution in [3.8, 4) is 0 Å². The minimum Gasteiger partial charge on any atom is -0.472 e. The molecule has 37 heavy (non-hydrogen) atoms. The highest BCUT2D eigenvalue weighted by Gasteiger charge is 2.94. The fourth-order valence-corrected chi connectivity index (χ4v) is 10.5. The summed E-state index contributed by atoms with van der Waals surface area (Å²) in [6, 6.07) is 1.78. The first-order chi connectivity index (χ1) is 17.5. The van der Waals surface area contributed by atoms with Gasteiger partial charge in [-0.3, -0.25) is 9.59 Å². The first kappa shape index (κ1) is 22.5. The number of furan rings is 1. The van der Waals surface area contributed by atoms with E-state index in [0.717, 1.165) is 5.56 Å². The lowest BCUT2D eigenvalue weighted by atomic mass is 9.33. The molecular weight excluding hydrogens is 480 g/mol. The van der Waals surface area contributed by atoms with Crippen molar-refractivity contribution in [1.29, 1.82) is 0 Å². The van der Waals surface area contributed by atoms with Gasteiger partial charge in [-0.25, -0.2) is 4.79 Å². The van der Waals surface area contributed by atoms with Crippen molar-refractivity contribution in [1.82, 2.24) is 0 Å². The Morgan fingerprint density at radius 1 is 1.05 bits per heavy atom. The van der Waals surface area contributed by atoms with Crippen molar-refractivity contribution in [3.63, 3.8) is 0 Å². The second kappa shape index (κ2) is 6.21. The summed E-state index contributed by atoms with van der Waals surface area (Å²) in [4.78, 5) is 40.5. The van der Waals surface area contributed by atoms with E-state index < -0.39 is 63.2 Å². The van der Waals surface area contributed by atoms with Crippen LogP contribution in [0.25, 0.3) is 0 Å². The predicted molar refractivity (Wildman–Crippen MR) is 123 cm³/mol. The zero-order valence-electron chi connectivity index (χ0n) is 21.0. The third-order valence-electron chi connectivity index (χ3n) is 11.7. The molecule has 4 spiro atoms. The molecule has 5 heterocycles. The maximum atomic E-state index is 14.6. The number of hydrogen-bond donors (Lipinski definition) is 1. The average molecular weight is 511 g/mol. The van der Waals surface area contributed by atoms with Crippen LogP contribution in [0.15, 0.2) is 35.2 Å². The molecular formula is C28H30O9. The van der Waals surface area contributed by atoms with Gasteiger partial charge in [-0.15, -0.1) is 0 Å². The first-order valence-corrected chi connectivity index (χ1v) is 13.2. The van der Waals surface area contributed by atoms with E-state index in [1.807, 2.05) is 32.9 Å². The van der Waals surface area contributed by atoms with Gasteiger partial charge in [-0.1, -0.05) is 19.1 Å². The number of fused-ring (bicyclic) bond motifs is 2. The predicted octanol–water partition coefficient (Wildman–Crippen LogP) is 2.42. The molecule has 4 saturated heterocycles. The Balaban J connectivity index is 1.40. The molecule has 4 aliphatic heterocycles. The highest BCUT2D eigenvalue weighted by Crippen LogP contribution is 2.84. The van der Waals surface area contributed by atoms with Crippen LogP contribution in [0, 0.1) is 27.6 Å². The van der Waals surface area contributed by atoms with Crippen molar-refractivity contribution in [3.05, 3.63) is 36.3 Å². The summed E-state index contributed by atoms with van der Waals surface area (Å²) in [6.45, 7) is 5.82. The van der Waals surface area contributed by atoms with Crippen molar-refractivity contribution < 1.29 is 42.9 Å². The Hall–Kier alpha value is -2.49. The van der Waals surface area contributed by atoms with Gasteiger partial charge in [0.25, 0.3) is 0 Å². The van der Waals surface area contributed by atoms with Gasteiger partial charge < -0.3 is 28.5 Å². The second-order valence-corrected chi connectivity index (χ2v) is 12.9. The molecule has 0 aromatic carbocycles. The van der Waals surface area contributed by atoms with Crippen LogP contribution in [0.1, 0.15) is 58.1 Å². The summed E-state index contributed by atoms with van der Waals surface area (Å²) in [5, 5.41) is 12.2. The molecule has 1 aromatic rings. The lowest BCUT2D eigenvalue weighted by molar-refractivity contribution is -0.262. The number of ketones is 1. The van der Waals surface area contributed by atoms with Crippen LogP contribution >= 0.6 is 0 Å². The summed E-state index contributed by atoms with van der Waals surface area (Å²) >= 11 is 0. The quantitative estimate of drug-likeness (QED) is 0.344. The van der Waals surface area contributed by atoms with E-state index in [4.69, 9.17) is 23.4 Å². The zero-order chi connectivity index (χ0) is 25.8. The monoisotopic (exact) mass is 510 g/mol. The van der Waals surface area contributed by atoms with Crippen LogP contribution in [0.4, 0.5) is 0 Å².